The summed E-state index contributed by atoms with van der Waals surface area (Å²) >= 11 is 6.24. The van der Waals surface area contributed by atoms with Crippen molar-refractivity contribution in [1.29, 1.82) is 0 Å². The first kappa shape index (κ1) is 18.9. The van der Waals surface area contributed by atoms with E-state index in [0.717, 1.165) is 55.5 Å². The van der Waals surface area contributed by atoms with Gasteiger partial charge in [-0.2, -0.15) is 13.2 Å². The fourth-order valence-electron chi connectivity index (χ4n) is 3.24. The molecule has 1 saturated heterocycles. The lowest BCUT2D eigenvalue weighted by Crippen LogP contribution is -2.46. The Balaban J connectivity index is 1.70. The minimum atomic E-state index is -4.47. The summed E-state index contributed by atoms with van der Waals surface area (Å²) in [5.74, 6) is 0.289. The predicted molar refractivity (Wildman–Crippen MR) is 95.2 cm³/mol. The average Bonchev–Trinajstić information content (AvgIpc) is 2.63. The van der Waals surface area contributed by atoms with Crippen molar-refractivity contribution >= 4 is 17.4 Å². The predicted octanol–water partition coefficient (Wildman–Crippen LogP) is 4.25. The highest BCUT2D eigenvalue weighted by Crippen LogP contribution is 2.30. The van der Waals surface area contributed by atoms with Crippen molar-refractivity contribution in [2.45, 2.75) is 31.6 Å². The number of benzene rings is 1. The number of aromatic nitrogens is 2. The third-order valence-corrected chi connectivity index (χ3v) is 5.05. The third kappa shape index (κ3) is 4.45. The van der Waals surface area contributed by atoms with Gasteiger partial charge in [-0.3, -0.25) is 4.90 Å². The van der Waals surface area contributed by atoms with E-state index in [9.17, 15) is 13.2 Å². The zero-order valence-electron chi connectivity index (χ0n) is 14.4. The standard InChI is InChI=1S/C18H20ClF3N4/c1-25(17-9-16(18(20,21)22)23-12-24-17)14-6-4-8-26(11-14)10-13-5-2-3-7-15(13)19/h2-3,5,7,9,12,14H,4,6,8,10-11H2,1H3. The summed E-state index contributed by atoms with van der Waals surface area (Å²) in [5.41, 5.74) is 0.136. The van der Waals surface area contributed by atoms with Crippen LogP contribution in [-0.4, -0.2) is 41.0 Å². The Kier molecular flexibility index (Phi) is 5.67. The lowest BCUT2D eigenvalue weighted by atomic mass is 10.0. The smallest absolute Gasteiger partial charge is 0.355 e. The van der Waals surface area contributed by atoms with Crippen LogP contribution in [0.25, 0.3) is 0 Å². The summed E-state index contributed by atoms with van der Waals surface area (Å²) in [6.45, 7) is 2.40. The van der Waals surface area contributed by atoms with Crippen LogP contribution in [0.5, 0.6) is 0 Å². The van der Waals surface area contributed by atoms with Crippen molar-refractivity contribution in [3.8, 4) is 0 Å². The Bertz CT molecular complexity index is 753. The monoisotopic (exact) mass is 384 g/mol. The van der Waals surface area contributed by atoms with Crippen LogP contribution in [0.1, 0.15) is 24.1 Å². The third-order valence-electron chi connectivity index (χ3n) is 4.68. The maximum absolute atomic E-state index is 12.9. The number of alkyl halides is 3. The quantitative estimate of drug-likeness (QED) is 0.788. The molecular formula is C18H20ClF3N4. The van der Waals surface area contributed by atoms with Gasteiger partial charge < -0.3 is 4.90 Å². The topological polar surface area (TPSA) is 32.3 Å². The molecule has 1 aromatic carbocycles. The maximum atomic E-state index is 12.9. The minimum absolute atomic E-state index is 0.0854. The van der Waals surface area contributed by atoms with E-state index in [2.05, 4.69) is 14.9 Å². The molecule has 4 nitrogen and oxygen atoms in total. The van der Waals surface area contributed by atoms with E-state index in [4.69, 9.17) is 11.6 Å². The molecule has 1 unspecified atom stereocenters. The van der Waals surface area contributed by atoms with Crippen LogP contribution in [0.2, 0.25) is 5.02 Å². The molecule has 0 saturated carbocycles. The SMILES string of the molecule is CN(c1cc(C(F)(F)F)ncn1)C1CCCN(Cc2ccccc2Cl)C1. The molecule has 3 rings (SSSR count). The number of anilines is 1. The lowest BCUT2D eigenvalue weighted by Gasteiger charge is -2.38. The lowest BCUT2D eigenvalue weighted by molar-refractivity contribution is -0.141. The van der Waals surface area contributed by atoms with Gasteiger partial charge >= 0.3 is 6.18 Å². The molecule has 26 heavy (non-hydrogen) atoms. The Hall–Kier alpha value is -1.86. The number of likely N-dealkylation sites (N-methyl/N-ethyl adjacent to an activating group) is 1. The summed E-state index contributed by atoms with van der Waals surface area (Å²) in [6.07, 6.45) is -1.63. The summed E-state index contributed by atoms with van der Waals surface area (Å²) in [5, 5.41) is 0.730. The molecule has 1 aliphatic rings. The van der Waals surface area contributed by atoms with E-state index in [1.807, 2.05) is 29.2 Å². The van der Waals surface area contributed by atoms with Gasteiger partial charge in [0, 0.05) is 37.3 Å². The Labute approximate surface area is 155 Å². The molecule has 0 N–H and O–H groups in total. The fourth-order valence-corrected chi connectivity index (χ4v) is 3.44. The van der Waals surface area contributed by atoms with Gasteiger partial charge in [0.05, 0.1) is 0 Å². The number of hydrogen-bond acceptors (Lipinski definition) is 4. The Morgan fingerprint density at radius 1 is 1.27 bits per heavy atom. The zero-order valence-corrected chi connectivity index (χ0v) is 15.1. The molecule has 140 valence electrons. The molecule has 1 aliphatic heterocycles. The maximum Gasteiger partial charge on any atom is 0.433 e. The first-order chi connectivity index (χ1) is 12.3. The van der Waals surface area contributed by atoms with Gasteiger partial charge in [0.1, 0.15) is 17.8 Å². The summed E-state index contributed by atoms with van der Waals surface area (Å²) in [4.78, 5) is 11.4. The number of hydrogen-bond donors (Lipinski definition) is 0. The second kappa shape index (κ2) is 7.80. The molecule has 2 heterocycles. The number of piperidine rings is 1. The van der Waals surface area contributed by atoms with Gasteiger partial charge in [0.2, 0.25) is 0 Å². The highest BCUT2D eigenvalue weighted by molar-refractivity contribution is 6.31. The van der Waals surface area contributed by atoms with Gasteiger partial charge in [-0.15, -0.1) is 0 Å². The van der Waals surface area contributed by atoms with Crippen molar-refractivity contribution < 1.29 is 13.2 Å². The second-order valence-corrected chi connectivity index (χ2v) is 6.90. The number of nitrogens with zero attached hydrogens (tertiary/aromatic N) is 4. The number of rotatable bonds is 4. The highest BCUT2D eigenvalue weighted by Gasteiger charge is 2.34. The molecule has 1 aromatic heterocycles. The molecule has 8 heteroatoms. The van der Waals surface area contributed by atoms with E-state index in [0.29, 0.717) is 0 Å². The summed E-state index contributed by atoms with van der Waals surface area (Å²) in [6, 6.07) is 8.80. The van der Waals surface area contributed by atoms with Gasteiger partial charge in [0.25, 0.3) is 0 Å². The van der Waals surface area contributed by atoms with Crippen LogP contribution in [0.4, 0.5) is 19.0 Å². The molecule has 0 bridgehead atoms. The molecule has 0 radical (unpaired) electrons. The van der Waals surface area contributed by atoms with Crippen LogP contribution in [-0.2, 0) is 12.7 Å². The minimum Gasteiger partial charge on any atom is -0.355 e. The van der Waals surface area contributed by atoms with E-state index in [-0.39, 0.29) is 11.9 Å². The van der Waals surface area contributed by atoms with Crippen molar-refractivity contribution in [3.63, 3.8) is 0 Å². The first-order valence-corrected chi connectivity index (χ1v) is 8.80. The van der Waals surface area contributed by atoms with Gasteiger partial charge in [-0.25, -0.2) is 9.97 Å². The molecule has 0 aliphatic carbocycles. The molecule has 0 spiro atoms. The highest BCUT2D eigenvalue weighted by atomic mass is 35.5. The van der Waals surface area contributed by atoms with E-state index < -0.39 is 11.9 Å². The fraction of sp³-hybridized carbons (Fsp3) is 0.444. The van der Waals surface area contributed by atoms with E-state index in [1.54, 1.807) is 7.05 Å². The normalized spacial score (nSPS) is 18.7. The molecule has 1 atom stereocenters. The molecule has 1 fully saturated rings. The van der Waals surface area contributed by atoms with Crippen molar-refractivity contribution in [2.24, 2.45) is 0 Å². The average molecular weight is 385 g/mol. The van der Waals surface area contributed by atoms with Gasteiger partial charge in [0.15, 0.2) is 0 Å². The Morgan fingerprint density at radius 2 is 2.04 bits per heavy atom. The molecule has 2 aromatic rings. The van der Waals surface area contributed by atoms with Crippen molar-refractivity contribution in [2.75, 3.05) is 25.0 Å². The summed E-state index contributed by atoms with van der Waals surface area (Å²) in [7, 11) is 1.78. The van der Waals surface area contributed by atoms with Crippen LogP contribution >= 0.6 is 11.6 Å². The van der Waals surface area contributed by atoms with E-state index in [1.165, 1.54) is 0 Å². The van der Waals surface area contributed by atoms with Crippen LogP contribution in [0, 0.1) is 0 Å². The van der Waals surface area contributed by atoms with E-state index >= 15 is 0 Å². The van der Waals surface area contributed by atoms with Crippen LogP contribution in [0.3, 0.4) is 0 Å². The largest absolute Gasteiger partial charge is 0.433 e. The molecule has 0 amide bonds. The van der Waals surface area contributed by atoms with Crippen LogP contribution < -0.4 is 4.90 Å². The summed E-state index contributed by atoms with van der Waals surface area (Å²) < 4.78 is 38.7. The van der Waals surface area contributed by atoms with Gasteiger partial charge in [-0.1, -0.05) is 29.8 Å². The van der Waals surface area contributed by atoms with Crippen LogP contribution in [0.15, 0.2) is 36.7 Å². The second-order valence-electron chi connectivity index (χ2n) is 6.49. The Morgan fingerprint density at radius 3 is 2.77 bits per heavy atom. The van der Waals surface area contributed by atoms with Crippen molar-refractivity contribution in [3.05, 3.63) is 52.9 Å². The number of likely N-dealkylation sites (tertiary alicyclic amines) is 1. The van der Waals surface area contributed by atoms with Gasteiger partial charge in [-0.05, 0) is 31.0 Å². The zero-order chi connectivity index (χ0) is 18.7. The molecular weight excluding hydrogens is 365 g/mol. The first-order valence-electron chi connectivity index (χ1n) is 8.42. The number of halogens is 4. The van der Waals surface area contributed by atoms with Crippen molar-refractivity contribution in [1.82, 2.24) is 14.9 Å².